The molecular formula is C67H128O6. The molecule has 0 bridgehead atoms. The fraction of sp³-hybridized carbons (Fsp3) is 0.925. The van der Waals surface area contributed by atoms with Gasteiger partial charge in [-0.15, -0.1) is 0 Å². The largest absolute Gasteiger partial charge is 0.462 e. The van der Waals surface area contributed by atoms with E-state index < -0.39 is 6.10 Å². The highest BCUT2D eigenvalue weighted by molar-refractivity contribution is 5.71. The topological polar surface area (TPSA) is 78.9 Å². The highest BCUT2D eigenvalue weighted by atomic mass is 16.6. The maximum atomic E-state index is 12.9. The van der Waals surface area contributed by atoms with Gasteiger partial charge in [0.1, 0.15) is 13.2 Å². The molecule has 0 aromatic carbocycles. The van der Waals surface area contributed by atoms with E-state index in [1.165, 1.54) is 283 Å². The third kappa shape index (κ3) is 60.9. The molecule has 0 spiro atoms. The molecule has 0 aliphatic carbocycles. The van der Waals surface area contributed by atoms with Crippen LogP contribution in [-0.2, 0) is 28.6 Å². The Kier molecular flexibility index (Phi) is 61.1. The summed E-state index contributed by atoms with van der Waals surface area (Å²) in [5.41, 5.74) is 0. The van der Waals surface area contributed by atoms with Gasteiger partial charge in [0.2, 0.25) is 0 Å². The Labute approximate surface area is 456 Å². The van der Waals surface area contributed by atoms with Gasteiger partial charge >= 0.3 is 17.9 Å². The van der Waals surface area contributed by atoms with Gasteiger partial charge in [-0.2, -0.15) is 0 Å². The minimum atomic E-state index is -0.768. The molecule has 432 valence electrons. The maximum absolute atomic E-state index is 12.9. The van der Waals surface area contributed by atoms with E-state index in [1.807, 2.05) is 0 Å². The molecule has 0 aliphatic heterocycles. The average Bonchev–Trinajstić information content (AvgIpc) is 3.39. The van der Waals surface area contributed by atoms with Gasteiger partial charge in [-0.25, -0.2) is 0 Å². The number of ether oxygens (including phenoxy) is 3. The first kappa shape index (κ1) is 71.2. The maximum Gasteiger partial charge on any atom is 0.306 e. The summed E-state index contributed by atoms with van der Waals surface area (Å²) in [7, 11) is 0. The van der Waals surface area contributed by atoms with Gasteiger partial charge in [-0.1, -0.05) is 328 Å². The molecule has 0 N–H and O–H groups in total. The molecule has 0 aromatic rings. The SMILES string of the molecule is CCCCCCCC/C=C\CCCCCCCCCC(=O)OC(COC(=O)CCCCCCCCCCCCCCCCC)COC(=O)CCCCCCCCCCCCCCCCCCCCCCCCC. The average molecular weight is 1030 g/mol. The second-order valence-corrected chi connectivity index (χ2v) is 22.7. The van der Waals surface area contributed by atoms with E-state index in [0.717, 1.165) is 57.8 Å². The molecule has 0 saturated carbocycles. The Balaban J connectivity index is 4.25. The van der Waals surface area contributed by atoms with Gasteiger partial charge in [-0.05, 0) is 44.9 Å². The third-order valence-electron chi connectivity index (χ3n) is 15.3. The number of carbonyl (C=O) groups excluding carboxylic acids is 3. The fourth-order valence-electron chi connectivity index (χ4n) is 10.3. The highest BCUT2D eigenvalue weighted by Gasteiger charge is 2.19. The van der Waals surface area contributed by atoms with Crippen molar-refractivity contribution in [3.8, 4) is 0 Å². The number of esters is 3. The van der Waals surface area contributed by atoms with Crippen LogP contribution in [0.1, 0.15) is 380 Å². The van der Waals surface area contributed by atoms with Crippen LogP contribution in [0.15, 0.2) is 12.2 Å². The summed E-state index contributed by atoms with van der Waals surface area (Å²) in [6, 6.07) is 0. The van der Waals surface area contributed by atoms with Crippen molar-refractivity contribution in [1.82, 2.24) is 0 Å². The van der Waals surface area contributed by atoms with E-state index in [0.29, 0.717) is 19.3 Å². The minimum Gasteiger partial charge on any atom is -0.462 e. The first-order valence-corrected chi connectivity index (χ1v) is 33.2. The molecule has 6 heteroatoms. The van der Waals surface area contributed by atoms with Crippen LogP contribution in [0.4, 0.5) is 0 Å². The molecule has 0 aromatic heterocycles. The minimum absolute atomic E-state index is 0.0651. The van der Waals surface area contributed by atoms with Crippen LogP contribution in [-0.4, -0.2) is 37.2 Å². The first-order valence-electron chi connectivity index (χ1n) is 33.2. The molecule has 6 nitrogen and oxygen atoms in total. The summed E-state index contributed by atoms with van der Waals surface area (Å²) in [4.78, 5) is 38.3. The van der Waals surface area contributed by atoms with Crippen molar-refractivity contribution in [3.63, 3.8) is 0 Å². The number of allylic oxidation sites excluding steroid dienone is 2. The molecule has 0 saturated heterocycles. The lowest BCUT2D eigenvalue weighted by Crippen LogP contribution is -2.30. The molecule has 0 rings (SSSR count). The van der Waals surface area contributed by atoms with Crippen LogP contribution < -0.4 is 0 Å². The first-order chi connectivity index (χ1) is 36.0. The zero-order chi connectivity index (χ0) is 52.9. The van der Waals surface area contributed by atoms with Crippen LogP contribution in [0.25, 0.3) is 0 Å². The van der Waals surface area contributed by atoms with E-state index in [4.69, 9.17) is 14.2 Å². The van der Waals surface area contributed by atoms with Gasteiger partial charge < -0.3 is 14.2 Å². The van der Waals surface area contributed by atoms with E-state index in [1.54, 1.807) is 0 Å². The fourth-order valence-corrected chi connectivity index (χ4v) is 10.3. The lowest BCUT2D eigenvalue weighted by atomic mass is 10.0. The van der Waals surface area contributed by atoms with Crippen LogP contribution >= 0.6 is 0 Å². The summed E-state index contributed by atoms with van der Waals surface area (Å²) in [5, 5.41) is 0. The Morgan fingerprint density at radius 2 is 0.452 bits per heavy atom. The van der Waals surface area contributed by atoms with E-state index >= 15 is 0 Å². The molecular weight excluding hydrogens is 901 g/mol. The summed E-state index contributed by atoms with van der Waals surface area (Å²) >= 11 is 0. The van der Waals surface area contributed by atoms with Gasteiger partial charge in [0.25, 0.3) is 0 Å². The quantitative estimate of drug-likeness (QED) is 0.0261. The van der Waals surface area contributed by atoms with E-state index in [-0.39, 0.29) is 31.1 Å². The van der Waals surface area contributed by atoms with Gasteiger partial charge in [0.15, 0.2) is 6.10 Å². The van der Waals surface area contributed by atoms with Crippen molar-refractivity contribution in [1.29, 1.82) is 0 Å². The van der Waals surface area contributed by atoms with Crippen molar-refractivity contribution >= 4 is 17.9 Å². The van der Waals surface area contributed by atoms with Gasteiger partial charge in [-0.3, -0.25) is 14.4 Å². The zero-order valence-corrected chi connectivity index (χ0v) is 49.7. The number of hydrogen-bond acceptors (Lipinski definition) is 6. The Morgan fingerprint density at radius 3 is 0.685 bits per heavy atom. The summed E-state index contributed by atoms with van der Waals surface area (Å²) in [6.45, 7) is 6.72. The lowest BCUT2D eigenvalue weighted by Gasteiger charge is -2.18. The predicted molar refractivity (Wildman–Crippen MR) is 317 cm³/mol. The molecule has 1 atom stereocenters. The van der Waals surface area contributed by atoms with Gasteiger partial charge in [0, 0.05) is 19.3 Å². The molecule has 0 amide bonds. The Bertz CT molecular complexity index is 1130. The molecule has 0 aliphatic rings. The van der Waals surface area contributed by atoms with E-state index in [2.05, 4.69) is 32.9 Å². The number of rotatable bonds is 62. The molecule has 0 radical (unpaired) electrons. The van der Waals surface area contributed by atoms with Crippen LogP contribution in [0.2, 0.25) is 0 Å². The monoisotopic (exact) mass is 1030 g/mol. The van der Waals surface area contributed by atoms with Crippen molar-refractivity contribution < 1.29 is 28.6 Å². The predicted octanol–water partition coefficient (Wildman–Crippen LogP) is 22.4. The van der Waals surface area contributed by atoms with Crippen LogP contribution in [0.5, 0.6) is 0 Å². The normalized spacial score (nSPS) is 12.0. The lowest BCUT2D eigenvalue weighted by molar-refractivity contribution is -0.167. The Hall–Kier alpha value is -1.85. The van der Waals surface area contributed by atoms with E-state index in [9.17, 15) is 14.4 Å². The second-order valence-electron chi connectivity index (χ2n) is 22.7. The Morgan fingerprint density at radius 1 is 0.260 bits per heavy atom. The molecule has 73 heavy (non-hydrogen) atoms. The standard InChI is InChI=1S/C67H128O6/c1-4-7-10-13-16-19-22-25-28-30-31-32-33-34-35-37-39-42-45-48-51-54-57-60-66(69)72-63-64(62-71-65(68)59-56-53-50-47-44-41-38-27-24-21-18-15-12-9-6-3)73-67(70)61-58-55-52-49-46-43-40-36-29-26-23-20-17-14-11-8-5-2/h26,29,64H,4-25,27-28,30-63H2,1-3H3/b29-26-. The summed E-state index contributed by atoms with van der Waals surface area (Å²) in [6.07, 6.45) is 73.7. The number of hydrogen-bond donors (Lipinski definition) is 0. The van der Waals surface area contributed by atoms with Crippen LogP contribution in [0, 0.1) is 0 Å². The van der Waals surface area contributed by atoms with Crippen molar-refractivity contribution in [3.05, 3.63) is 12.2 Å². The zero-order valence-electron chi connectivity index (χ0n) is 49.7. The smallest absolute Gasteiger partial charge is 0.306 e. The van der Waals surface area contributed by atoms with Crippen LogP contribution in [0.3, 0.4) is 0 Å². The molecule has 1 unspecified atom stereocenters. The summed E-state index contributed by atoms with van der Waals surface area (Å²) in [5.74, 6) is -0.837. The van der Waals surface area contributed by atoms with Crippen molar-refractivity contribution in [2.75, 3.05) is 13.2 Å². The second kappa shape index (κ2) is 62.7. The molecule has 0 fully saturated rings. The molecule has 0 heterocycles. The number of carbonyl (C=O) groups is 3. The van der Waals surface area contributed by atoms with Gasteiger partial charge in [0.05, 0.1) is 0 Å². The van der Waals surface area contributed by atoms with Crippen molar-refractivity contribution in [2.45, 2.75) is 386 Å². The third-order valence-corrected chi connectivity index (χ3v) is 15.3. The summed E-state index contributed by atoms with van der Waals surface area (Å²) < 4.78 is 17.0. The highest BCUT2D eigenvalue weighted by Crippen LogP contribution is 2.18. The number of unbranched alkanes of at least 4 members (excludes halogenated alkanes) is 49. The van der Waals surface area contributed by atoms with Crippen molar-refractivity contribution in [2.24, 2.45) is 0 Å².